The van der Waals surface area contributed by atoms with Gasteiger partial charge in [-0.15, -0.1) is 0 Å². The molecule has 0 aliphatic carbocycles. The number of imidazole rings is 1. The van der Waals surface area contributed by atoms with Gasteiger partial charge in [-0.25, -0.2) is 4.98 Å². The van der Waals surface area contributed by atoms with Gasteiger partial charge in [-0.3, -0.25) is 0 Å². The summed E-state index contributed by atoms with van der Waals surface area (Å²) >= 11 is 3.21. The molecule has 0 saturated carbocycles. The van der Waals surface area contributed by atoms with E-state index in [1.54, 1.807) is 6.20 Å². The number of rotatable bonds is 3. The van der Waals surface area contributed by atoms with Crippen LogP contribution in [0, 0.1) is 0 Å². The van der Waals surface area contributed by atoms with Crippen LogP contribution in [0.15, 0.2) is 35.2 Å². The summed E-state index contributed by atoms with van der Waals surface area (Å²) in [5.41, 5.74) is 0.497. The number of benzene rings is 1. The third kappa shape index (κ3) is 3.04. The van der Waals surface area contributed by atoms with E-state index in [0.29, 0.717) is 16.7 Å². The van der Waals surface area contributed by atoms with E-state index in [1.807, 2.05) is 0 Å². The molecule has 1 heterocycles. The molecule has 2 rings (SSSR count). The molecule has 0 aliphatic heterocycles. The lowest BCUT2D eigenvalue weighted by atomic mass is 10.2. The molecule has 0 atom stereocenters. The molecule has 0 spiro atoms. The van der Waals surface area contributed by atoms with Crippen molar-refractivity contribution in [3.63, 3.8) is 0 Å². The summed E-state index contributed by atoms with van der Waals surface area (Å²) in [5.74, 6) is 0. The lowest BCUT2D eigenvalue weighted by Crippen LogP contribution is -2.07. The zero-order valence-corrected chi connectivity index (χ0v) is 10.6. The molecule has 96 valence electrons. The molecule has 0 amide bonds. The molecule has 0 unspecified atom stereocenters. The highest BCUT2D eigenvalue weighted by atomic mass is 79.9. The van der Waals surface area contributed by atoms with Crippen LogP contribution < -0.4 is 5.32 Å². The smallest absolute Gasteiger partial charge is 0.378 e. The van der Waals surface area contributed by atoms with Gasteiger partial charge in [0.05, 0.1) is 24.1 Å². The van der Waals surface area contributed by atoms with Crippen molar-refractivity contribution in [1.82, 2.24) is 9.97 Å². The zero-order valence-electron chi connectivity index (χ0n) is 9.05. The molecule has 3 nitrogen and oxygen atoms in total. The fraction of sp³-hybridized carbons (Fsp3) is 0.182. The number of halogens is 4. The predicted molar refractivity (Wildman–Crippen MR) is 65.1 cm³/mol. The van der Waals surface area contributed by atoms with Crippen LogP contribution in [0.4, 0.5) is 18.9 Å². The molecule has 2 aromatic rings. The summed E-state index contributed by atoms with van der Waals surface area (Å²) in [4.78, 5) is 6.69. The average Bonchev–Trinajstić information content (AvgIpc) is 2.79. The average molecular weight is 320 g/mol. The van der Waals surface area contributed by atoms with Gasteiger partial charge >= 0.3 is 6.18 Å². The molecule has 0 radical (unpaired) electrons. The number of nitrogens with zero attached hydrogens (tertiary/aromatic N) is 1. The minimum atomic E-state index is -4.34. The number of nitrogens with one attached hydrogen (secondary N) is 2. The first-order valence-electron chi connectivity index (χ1n) is 5.04. The number of anilines is 1. The molecular weight excluding hydrogens is 311 g/mol. The molecule has 0 saturated heterocycles. The third-order valence-electron chi connectivity index (χ3n) is 2.32. The maximum atomic E-state index is 12.6. The Bertz CT molecular complexity index is 523. The van der Waals surface area contributed by atoms with Crippen molar-refractivity contribution >= 4 is 21.6 Å². The summed E-state index contributed by atoms with van der Waals surface area (Å²) < 4.78 is 38.2. The van der Waals surface area contributed by atoms with Crippen LogP contribution >= 0.6 is 15.9 Å². The molecular formula is C11H9BrF3N3. The molecule has 18 heavy (non-hydrogen) atoms. The summed E-state index contributed by atoms with van der Waals surface area (Å²) in [6.45, 7) is 0.375. The van der Waals surface area contributed by atoms with Crippen molar-refractivity contribution in [1.29, 1.82) is 0 Å². The van der Waals surface area contributed by atoms with Crippen molar-refractivity contribution in [3.8, 4) is 0 Å². The van der Waals surface area contributed by atoms with Gasteiger partial charge in [0, 0.05) is 16.4 Å². The molecule has 0 aliphatic rings. The zero-order chi connectivity index (χ0) is 13.2. The Balaban J connectivity index is 2.16. The van der Waals surface area contributed by atoms with Crippen molar-refractivity contribution < 1.29 is 13.2 Å². The third-order valence-corrected chi connectivity index (χ3v) is 3.01. The maximum absolute atomic E-state index is 12.6. The number of aromatic nitrogens is 2. The van der Waals surface area contributed by atoms with Crippen LogP contribution in [0.2, 0.25) is 0 Å². The number of alkyl halides is 3. The Morgan fingerprint density at radius 3 is 2.72 bits per heavy atom. The van der Waals surface area contributed by atoms with Crippen molar-refractivity contribution in [2.45, 2.75) is 12.7 Å². The summed E-state index contributed by atoms with van der Waals surface area (Å²) in [6, 6.07) is 3.48. The standard InChI is InChI=1S/C11H9BrF3N3/c12-9-2-1-7(11(13,14)15)3-10(9)17-5-8-4-16-6-18-8/h1-4,6,17H,5H2,(H,16,18). The second-order valence-corrected chi connectivity index (χ2v) is 4.48. The van der Waals surface area contributed by atoms with E-state index in [0.717, 1.165) is 17.8 Å². The maximum Gasteiger partial charge on any atom is 0.416 e. The van der Waals surface area contributed by atoms with Crippen LogP contribution in [-0.4, -0.2) is 9.97 Å². The highest BCUT2D eigenvalue weighted by Crippen LogP contribution is 2.34. The van der Waals surface area contributed by atoms with E-state index in [1.165, 1.54) is 12.4 Å². The van der Waals surface area contributed by atoms with E-state index in [4.69, 9.17) is 0 Å². The minimum Gasteiger partial charge on any atom is -0.378 e. The van der Waals surface area contributed by atoms with Crippen molar-refractivity contribution in [2.75, 3.05) is 5.32 Å². The first-order valence-corrected chi connectivity index (χ1v) is 5.84. The van der Waals surface area contributed by atoms with Gasteiger partial charge in [0.2, 0.25) is 0 Å². The quantitative estimate of drug-likeness (QED) is 0.903. The van der Waals surface area contributed by atoms with E-state index in [-0.39, 0.29) is 0 Å². The van der Waals surface area contributed by atoms with Gasteiger partial charge in [0.15, 0.2) is 0 Å². The minimum absolute atomic E-state index is 0.375. The highest BCUT2D eigenvalue weighted by molar-refractivity contribution is 9.10. The van der Waals surface area contributed by atoms with E-state index >= 15 is 0 Å². The second-order valence-electron chi connectivity index (χ2n) is 3.62. The number of H-pyrrole nitrogens is 1. The largest absolute Gasteiger partial charge is 0.416 e. The molecule has 0 bridgehead atoms. The van der Waals surface area contributed by atoms with E-state index < -0.39 is 11.7 Å². The summed E-state index contributed by atoms with van der Waals surface area (Å²) in [6.07, 6.45) is -1.22. The van der Waals surface area contributed by atoms with Gasteiger partial charge in [-0.05, 0) is 34.1 Å². The van der Waals surface area contributed by atoms with Crippen LogP contribution in [-0.2, 0) is 12.7 Å². The molecule has 7 heteroatoms. The van der Waals surface area contributed by atoms with Gasteiger partial charge in [-0.2, -0.15) is 13.2 Å². The van der Waals surface area contributed by atoms with Gasteiger partial charge in [0.1, 0.15) is 0 Å². The molecule has 1 aromatic heterocycles. The fourth-order valence-corrected chi connectivity index (χ4v) is 1.80. The van der Waals surface area contributed by atoms with Crippen LogP contribution in [0.25, 0.3) is 0 Å². The van der Waals surface area contributed by atoms with E-state index in [9.17, 15) is 13.2 Å². The summed E-state index contributed by atoms with van der Waals surface area (Å²) in [7, 11) is 0. The predicted octanol–water partition coefficient (Wildman–Crippen LogP) is 3.80. The Morgan fingerprint density at radius 2 is 2.11 bits per heavy atom. The highest BCUT2D eigenvalue weighted by Gasteiger charge is 2.30. The molecule has 1 aromatic carbocycles. The van der Waals surface area contributed by atoms with E-state index in [2.05, 4.69) is 31.2 Å². The van der Waals surface area contributed by atoms with Crippen LogP contribution in [0.5, 0.6) is 0 Å². The second kappa shape index (κ2) is 5.01. The number of hydrogen-bond donors (Lipinski definition) is 2. The molecule has 0 fully saturated rings. The Morgan fingerprint density at radius 1 is 1.33 bits per heavy atom. The van der Waals surface area contributed by atoms with Crippen LogP contribution in [0.1, 0.15) is 11.3 Å². The van der Waals surface area contributed by atoms with Crippen molar-refractivity contribution in [2.24, 2.45) is 0 Å². The van der Waals surface area contributed by atoms with Gasteiger partial charge in [-0.1, -0.05) is 0 Å². The lowest BCUT2D eigenvalue weighted by Gasteiger charge is -2.12. The topological polar surface area (TPSA) is 40.7 Å². The Hall–Kier alpha value is -1.50. The first kappa shape index (κ1) is 12.9. The Kier molecular flexibility index (Phi) is 3.60. The normalized spacial score (nSPS) is 11.6. The lowest BCUT2D eigenvalue weighted by molar-refractivity contribution is -0.137. The monoisotopic (exact) mass is 319 g/mol. The van der Waals surface area contributed by atoms with Crippen LogP contribution in [0.3, 0.4) is 0 Å². The van der Waals surface area contributed by atoms with Gasteiger partial charge in [0.25, 0.3) is 0 Å². The SMILES string of the molecule is FC(F)(F)c1ccc(Br)c(NCc2cnc[nH]2)c1. The number of hydrogen-bond acceptors (Lipinski definition) is 2. The fourth-order valence-electron chi connectivity index (χ4n) is 1.41. The molecule has 2 N–H and O–H groups in total. The van der Waals surface area contributed by atoms with Crippen molar-refractivity contribution in [3.05, 3.63) is 46.5 Å². The first-order chi connectivity index (χ1) is 8.47. The van der Waals surface area contributed by atoms with Gasteiger partial charge < -0.3 is 10.3 Å². The Labute approximate surface area is 110 Å². The summed E-state index contributed by atoms with van der Waals surface area (Å²) in [5, 5.41) is 2.91. The number of aromatic amines is 1.